The second kappa shape index (κ2) is 5.49. The molecule has 0 saturated heterocycles. The number of aromatic nitrogens is 1. The van der Waals surface area contributed by atoms with Crippen molar-refractivity contribution in [2.75, 3.05) is 0 Å². The monoisotopic (exact) mass is 302 g/mol. The van der Waals surface area contributed by atoms with Gasteiger partial charge >= 0.3 is 0 Å². The summed E-state index contributed by atoms with van der Waals surface area (Å²) in [5.41, 5.74) is 8.51. The third-order valence-corrected chi connectivity index (χ3v) is 5.30. The molecule has 1 aromatic heterocycles. The van der Waals surface area contributed by atoms with Crippen molar-refractivity contribution in [1.82, 2.24) is 0 Å². The van der Waals surface area contributed by atoms with Crippen molar-refractivity contribution in [3.8, 4) is 11.3 Å². The molecule has 1 aliphatic carbocycles. The predicted molar refractivity (Wildman–Crippen MR) is 96.7 cm³/mol. The number of pyridine rings is 1. The number of hydrogen-bond donors (Lipinski definition) is 0. The Bertz CT molecular complexity index is 905. The van der Waals surface area contributed by atoms with E-state index in [9.17, 15) is 0 Å². The number of fused-ring (bicyclic) bond motifs is 3. The fourth-order valence-electron chi connectivity index (χ4n) is 4.03. The van der Waals surface area contributed by atoms with E-state index in [1.54, 1.807) is 11.1 Å². The van der Waals surface area contributed by atoms with Crippen molar-refractivity contribution >= 4 is 10.8 Å². The molecule has 0 fully saturated rings. The molecule has 0 atom stereocenters. The molecule has 0 bridgehead atoms. The summed E-state index contributed by atoms with van der Waals surface area (Å²) in [4.78, 5) is 0. The zero-order valence-electron chi connectivity index (χ0n) is 14.3. The number of hydrogen-bond acceptors (Lipinski definition) is 0. The average molecular weight is 302 g/mol. The Labute approximate surface area is 138 Å². The van der Waals surface area contributed by atoms with E-state index in [0.717, 1.165) is 0 Å². The Morgan fingerprint density at radius 1 is 0.870 bits per heavy atom. The summed E-state index contributed by atoms with van der Waals surface area (Å²) in [5, 5.41) is 2.85. The average Bonchev–Trinajstić information content (AvgIpc) is 2.57. The molecule has 23 heavy (non-hydrogen) atoms. The van der Waals surface area contributed by atoms with Crippen molar-refractivity contribution in [1.29, 1.82) is 0 Å². The maximum absolute atomic E-state index is 2.37. The van der Waals surface area contributed by atoms with Gasteiger partial charge in [0.05, 0.1) is 5.39 Å². The van der Waals surface area contributed by atoms with E-state index in [-0.39, 0.29) is 0 Å². The Kier molecular flexibility index (Phi) is 3.45. The quantitative estimate of drug-likeness (QED) is 0.567. The molecule has 0 radical (unpaired) electrons. The molecule has 4 rings (SSSR count). The smallest absolute Gasteiger partial charge is 0.200 e. The molecule has 1 heteroatoms. The zero-order chi connectivity index (χ0) is 16.0. The lowest BCUT2D eigenvalue weighted by Gasteiger charge is -2.18. The maximum atomic E-state index is 2.37. The van der Waals surface area contributed by atoms with Crippen molar-refractivity contribution in [2.24, 2.45) is 7.05 Å². The largest absolute Gasteiger partial charge is 0.220 e. The van der Waals surface area contributed by atoms with Gasteiger partial charge in [-0.3, -0.25) is 0 Å². The van der Waals surface area contributed by atoms with Gasteiger partial charge in [0, 0.05) is 11.6 Å². The van der Waals surface area contributed by atoms with Crippen LogP contribution in [0.4, 0.5) is 0 Å². The van der Waals surface area contributed by atoms with E-state index in [4.69, 9.17) is 0 Å². The van der Waals surface area contributed by atoms with Gasteiger partial charge in [0.15, 0.2) is 6.20 Å². The molecule has 0 aliphatic heterocycles. The molecule has 0 amide bonds. The molecule has 0 unspecified atom stereocenters. The summed E-state index contributed by atoms with van der Waals surface area (Å²) in [6.45, 7) is 4.39. The summed E-state index contributed by atoms with van der Waals surface area (Å²) < 4.78 is 2.28. The number of nitrogens with zero attached hydrogens (tertiary/aromatic N) is 1. The zero-order valence-corrected chi connectivity index (χ0v) is 14.3. The van der Waals surface area contributed by atoms with E-state index >= 15 is 0 Å². The standard InChI is InChI=1S/C22H24N/c1-15-8-9-16(2)21(14-15)22-20-11-10-17-6-4-5-7-18(17)19(20)12-13-23(22)3/h8-14H,4-7H2,1-3H3/q+1. The fraction of sp³-hybridized carbons (Fsp3) is 0.318. The van der Waals surface area contributed by atoms with E-state index in [2.05, 4.69) is 68.1 Å². The first-order chi connectivity index (χ1) is 11.1. The fourth-order valence-corrected chi connectivity index (χ4v) is 4.03. The minimum atomic E-state index is 1.23. The molecule has 2 aromatic carbocycles. The minimum Gasteiger partial charge on any atom is -0.200 e. The molecule has 3 aromatic rings. The lowest BCUT2D eigenvalue weighted by Crippen LogP contribution is -2.31. The van der Waals surface area contributed by atoms with E-state index in [1.807, 2.05) is 0 Å². The van der Waals surface area contributed by atoms with Gasteiger partial charge in [-0.05, 0) is 73.7 Å². The summed E-state index contributed by atoms with van der Waals surface area (Å²) in [7, 11) is 2.16. The molecule has 0 spiro atoms. The van der Waals surface area contributed by atoms with Crippen LogP contribution in [0.15, 0.2) is 42.6 Å². The van der Waals surface area contributed by atoms with Crippen molar-refractivity contribution in [3.63, 3.8) is 0 Å². The highest BCUT2D eigenvalue weighted by Crippen LogP contribution is 2.34. The first-order valence-corrected chi connectivity index (χ1v) is 8.66. The number of rotatable bonds is 1. The lowest BCUT2D eigenvalue weighted by atomic mass is 9.86. The van der Waals surface area contributed by atoms with Gasteiger partial charge in [0.1, 0.15) is 7.05 Å². The normalized spacial score (nSPS) is 14.0. The summed E-state index contributed by atoms with van der Waals surface area (Å²) in [6.07, 6.45) is 7.36. The van der Waals surface area contributed by atoms with Gasteiger partial charge < -0.3 is 0 Å². The highest BCUT2D eigenvalue weighted by Gasteiger charge is 2.20. The highest BCUT2D eigenvalue weighted by molar-refractivity contribution is 5.96. The third kappa shape index (κ3) is 2.35. The highest BCUT2D eigenvalue weighted by atomic mass is 14.9. The van der Waals surface area contributed by atoms with Crippen molar-refractivity contribution < 1.29 is 4.57 Å². The van der Waals surface area contributed by atoms with Crippen LogP contribution < -0.4 is 4.57 Å². The van der Waals surface area contributed by atoms with Crippen LogP contribution in [-0.2, 0) is 19.9 Å². The Hall–Kier alpha value is -2.15. The van der Waals surface area contributed by atoms with Crippen molar-refractivity contribution in [3.05, 3.63) is 64.8 Å². The van der Waals surface area contributed by atoms with E-state index in [1.165, 1.54) is 58.8 Å². The van der Waals surface area contributed by atoms with Crippen LogP contribution in [0.5, 0.6) is 0 Å². The van der Waals surface area contributed by atoms with Gasteiger partial charge in [-0.1, -0.05) is 23.8 Å². The molecule has 0 N–H and O–H groups in total. The summed E-state index contributed by atoms with van der Waals surface area (Å²) in [5.74, 6) is 0. The Morgan fingerprint density at radius 3 is 2.57 bits per heavy atom. The van der Waals surface area contributed by atoms with Crippen LogP contribution in [0.3, 0.4) is 0 Å². The van der Waals surface area contributed by atoms with Crippen LogP contribution >= 0.6 is 0 Å². The van der Waals surface area contributed by atoms with E-state index < -0.39 is 0 Å². The van der Waals surface area contributed by atoms with Crippen LogP contribution in [0.25, 0.3) is 22.0 Å². The molecule has 116 valence electrons. The molecule has 1 nitrogen and oxygen atoms in total. The second-order valence-corrected chi connectivity index (χ2v) is 6.97. The van der Waals surface area contributed by atoms with Gasteiger partial charge in [-0.2, -0.15) is 0 Å². The second-order valence-electron chi connectivity index (χ2n) is 6.97. The number of aryl methyl sites for hydroxylation is 5. The van der Waals surface area contributed by atoms with Crippen LogP contribution in [-0.4, -0.2) is 0 Å². The SMILES string of the molecule is Cc1ccc(C)c(-c2c3ccc4c(c3cc[n+]2C)CCCC4)c1. The maximum Gasteiger partial charge on any atom is 0.220 e. The predicted octanol–water partition coefficient (Wildman–Crippen LogP) is 4.83. The van der Waals surface area contributed by atoms with E-state index in [0.29, 0.717) is 0 Å². The topological polar surface area (TPSA) is 3.88 Å². The molecule has 1 heterocycles. The Balaban J connectivity index is 2.06. The summed E-state index contributed by atoms with van der Waals surface area (Å²) in [6, 6.07) is 13.8. The summed E-state index contributed by atoms with van der Waals surface area (Å²) >= 11 is 0. The van der Waals surface area contributed by atoms with Gasteiger partial charge in [-0.25, -0.2) is 4.57 Å². The van der Waals surface area contributed by atoms with Crippen LogP contribution in [0.1, 0.15) is 35.1 Å². The molecule has 1 aliphatic rings. The van der Waals surface area contributed by atoms with Gasteiger partial charge in [0.25, 0.3) is 0 Å². The van der Waals surface area contributed by atoms with Gasteiger partial charge in [-0.15, -0.1) is 0 Å². The molecular weight excluding hydrogens is 278 g/mol. The third-order valence-electron chi connectivity index (χ3n) is 5.30. The first-order valence-electron chi connectivity index (χ1n) is 8.66. The Morgan fingerprint density at radius 2 is 1.70 bits per heavy atom. The van der Waals surface area contributed by atoms with Crippen molar-refractivity contribution in [2.45, 2.75) is 39.5 Å². The van der Waals surface area contributed by atoms with Gasteiger partial charge in [0.2, 0.25) is 5.69 Å². The molecular formula is C22H24N+. The van der Waals surface area contributed by atoms with Crippen LogP contribution in [0, 0.1) is 13.8 Å². The molecule has 0 saturated carbocycles. The minimum absolute atomic E-state index is 1.23. The lowest BCUT2D eigenvalue weighted by molar-refractivity contribution is -0.659. The number of benzene rings is 2. The first kappa shape index (κ1) is 14.4. The van der Waals surface area contributed by atoms with Crippen LogP contribution in [0.2, 0.25) is 0 Å².